The van der Waals surface area contributed by atoms with Gasteiger partial charge in [0, 0.05) is 28.4 Å². The maximum absolute atomic E-state index is 12.4. The first-order chi connectivity index (χ1) is 10.4. The van der Waals surface area contributed by atoms with Gasteiger partial charge in [0.2, 0.25) is 0 Å². The van der Waals surface area contributed by atoms with Crippen molar-refractivity contribution in [3.05, 3.63) is 51.7 Å². The first-order valence-electron chi connectivity index (χ1n) is 6.63. The Morgan fingerprint density at radius 3 is 2.59 bits per heavy atom. The summed E-state index contributed by atoms with van der Waals surface area (Å²) in [6.45, 7) is 1.21. The van der Waals surface area contributed by atoms with Crippen LogP contribution in [-0.4, -0.2) is 22.9 Å². The van der Waals surface area contributed by atoms with Crippen LogP contribution in [-0.2, 0) is 13.0 Å². The van der Waals surface area contributed by atoms with Crippen LogP contribution < -0.4 is 0 Å². The quantitative estimate of drug-likeness (QED) is 0.745. The van der Waals surface area contributed by atoms with Gasteiger partial charge in [0.05, 0.1) is 0 Å². The molecule has 1 aliphatic heterocycles. The highest BCUT2D eigenvalue weighted by molar-refractivity contribution is 8.00. The smallest absolute Gasteiger partial charge is 0.334 e. The minimum absolute atomic E-state index is 0.0859. The predicted octanol–water partition coefficient (Wildman–Crippen LogP) is 4.56. The Hall–Kier alpha value is -1.47. The molecule has 0 aliphatic carbocycles. The Morgan fingerprint density at radius 1 is 1.18 bits per heavy atom. The van der Waals surface area contributed by atoms with Gasteiger partial charge in [-0.2, -0.15) is 13.2 Å². The number of thiophene rings is 1. The highest BCUT2D eigenvalue weighted by Crippen LogP contribution is 2.36. The summed E-state index contributed by atoms with van der Waals surface area (Å²) < 4.78 is 36.9. The number of fused-ring (bicyclic) bond motifs is 1. The molecule has 2 nitrogen and oxygen atoms in total. The highest BCUT2D eigenvalue weighted by atomic mass is 32.2. The number of hydrogen-bond donors (Lipinski definition) is 0. The molecule has 0 N–H and O–H groups in total. The fourth-order valence-corrected chi connectivity index (χ4v) is 3.83. The fraction of sp³-hybridized carbons (Fsp3) is 0.267. The minimum atomic E-state index is -4.31. The van der Waals surface area contributed by atoms with Crippen LogP contribution >= 0.6 is 23.1 Å². The molecule has 2 aromatic rings. The van der Waals surface area contributed by atoms with E-state index in [4.69, 9.17) is 0 Å². The van der Waals surface area contributed by atoms with Gasteiger partial charge < -0.3 is 4.90 Å². The average molecular weight is 343 g/mol. The van der Waals surface area contributed by atoms with Crippen molar-refractivity contribution in [2.45, 2.75) is 23.4 Å². The second-order valence-corrected chi connectivity index (χ2v) is 7.06. The summed E-state index contributed by atoms with van der Waals surface area (Å²) in [5, 5.41) is 2.02. The standard InChI is InChI=1S/C15H12F3NOS2/c16-15(17,18)22-12-3-1-10(2-4-12)14(20)19-7-5-13-11(9-19)6-8-21-13/h1-4,6,8H,5,7,9H2. The molecule has 0 bridgehead atoms. The molecule has 1 aromatic heterocycles. The highest BCUT2D eigenvalue weighted by Gasteiger charge is 2.29. The average Bonchev–Trinajstić information content (AvgIpc) is 2.93. The first-order valence-corrected chi connectivity index (χ1v) is 8.32. The topological polar surface area (TPSA) is 20.3 Å². The summed E-state index contributed by atoms with van der Waals surface area (Å²) in [6, 6.07) is 7.61. The number of carbonyl (C=O) groups excluding carboxylic acids is 1. The van der Waals surface area contributed by atoms with E-state index in [1.165, 1.54) is 29.1 Å². The molecule has 1 aromatic carbocycles. The molecule has 0 atom stereocenters. The van der Waals surface area contributed by atoms with Gasteiger partial charge in [-0.25, -0.2) is 0 Å². The molecule has 2 heterocycles. The Kier molecular flexibility index (Phi) is 4.18. The van der Waals surface area contributed by atoms with Gasteiger partial charge in [-0.1, -0.05) is 0 Å². The van der Waals surface area contributed by atoms with Gasteiger partial charge in [0.1, 0.15) is 0 Å². The van der Waals surface area contributed by atoms with Crippen LogP contribution in [0, 0.1) is 0 Å². The number of halogens is 3. The number of carbonyl (C=O) groups is 1. The van der Waals surface area contributed by atoms with Gasteiger partial charge in [0.15, 0.2) is 0 Å². The van der Waals surface area contributed by atoms with Crippen molar-refractivity contribution in [2.75, 3.05) is 6.54 Å². The summed E-state index contributed by atoms with van der Waals surface area (Å²) >= 11 is 1.52. The molecule has 7 heteroatoms. The molecule has 0 spiro atoms. The van der Waals surface area contributed by atoms with Crippen LogP contribution in [0.4, 0.5) is 13.2 Å². The van der Waals surface area contributed by atoms with Crippen LogP contribution in [0.15, 0.2) is 40.6 Å². The largest absolute Gasteiger partial charge is 0.446 e. The molecular weight excluding hydrogens is 331 g/mol. The van der Waals surface area contributed by atoms with Crippen LogP contribution in [0.2, 0.25) is 0 Å². The Bertz CT molecular complexity index is 679. The lowest BCUT2D eigenvalue weighted by Crippen LogP contribution is -2.35. The van der Waals surface area contributed by atoms with Crippen LogP contribution in [0.25, 0.3) is 0 Å². The van der Waals surface area contributed by atoms with E-state index in [1.54, 1.807) is 16.2 Å². The molecule has 1 aliphatic rings. The molecule has 0 fully saturated rings. The summed E-state index contributed by atoms with van der Waals surface area (Å²) in [5.41, 5.74) is -2.73. The zero-order valence-electron chi connectivity index (χ0n) is 11.4. The second kappa shape index (κ2) is 5.96. The van der Waals surface area contributed by atoms with Crippen LogP contribution in [0.1, 0.15) is 20.8 Å². The Balaban J connectivity index is 1.71. The van der Waals surface area contributed by atoms with E-state index in [0.717, 1.165) is 12.0 Å². The van der Waals surface area contributed by atoms with E-state index in [1.807, 2.05) is 11.4 Å². The van der Waals surface area contributed by atoms with E-state index in [2.05, 4.69) is 0 Å². The molecule has 1 amide bonds. The second-order valence-electron chi connectivity index (χ2n) is 4.92. The maximum atomic E-state index is 12.4. The summed E-state index contributed by atoms with van der Waals surface area (Å²) in [7, 11) is 0. The summed E-state index contributed by atoms with van der Waals surface area (Å²) in [6.07, 6.45) is 0.834. The number of hydrogen-bond acceptors (Lipinski definition) is 3. The predicted molar refractivity (Wildman–Crippen MR) is 81.1 cm³/mol. The van der Waals surface area contributed by atoms with Crippen molar-refractivity contribution in [1.82, 2.24) is 4.90 Å². The third-order valence-corrected chi connectivity index (χ3v) is 5.19. The van der Waals surface area contributed by atoms with Gasteiger partial charge in [-0.3, -0.25) is 4.79 Å². The van der Waals surface area contributed by atoms with Crippen LogP contribution in [0.5, 0.6) is 0 Å². The number of alkyl halides is 3. The van der Waals surface area contributed by atoms with E-state index in [9.17, 15) is 18.0 Å². The van der Waals surface area contributed by atoms with Crippen molar-refractivity contribution in [1.29, 1.82) is 0 Å². The van der Waals surface area contributed by atoms with Crippen molar-refractivity contribution in [2.24, 2.45) is 0 Å². The maximum Gasteiger partial charge on any atom is 0.446 e. The first kappa shape index (κ1) is 15.4. The van der Waals surface area contributed by atoms with E-state index in [-0.39, 0.29) is 22.6 Å². The normalized spacial score (nSPS) is 14.8. The molecule has 0 saturated carbocycles. The Labute approximate surface area is 133 Å². The van der Waals surface area contributed by atoms with Crippen molar-refractivity contribution in [3.63, 3.8) is 0 Å². The van der Waals surface area contributed by atoms with E-state index >= 15 is 0 Å². The lowest BCUT2D eigenvalue weighted by molar-refractivity contribution is -0.0328. The van der Waals surface area contributed by atoms with E-state index < -0.39 is 5.51 Å². The number of thioether (sulfide) groups is 1. The number of rotatable bonds is 2. The molecule has 22 heavy (non-hydrogen) atoms. The van der Waals surface area contributed by atoms with Gasteiger partial charge >= 0.3 is 5.51 Å². The zero-order chi connectivity index (χ0) is 15.7. The molecular formula is C15H12F3NOS2. The van der Waals surface area contributed by atoms with E-state index in [0.29, 0.717) is 18.7 Å². The van der Waals surface area contributed by atoms with Crippen LogP contribution in [0.3, 0.4) is 0 Å². The monoisotopic (exact) mass is 343 g/mol. The zero-order valence-corrected chi connectivity index (χ0v) is 13.0. The van der Waals surface area contributed by atoms with Gasteiger partial charge in [0.25, 0.3) is 5.91 Å². The molecule has 0 saturated heterocycles. The molecule has 116 valence electrons. The minimum Gasteiger partial charge on any atom is -0.334 e. The fourth-order valence-electron chi connectivity index (χ4n) is 2.40. The third kappa shape index (κ3) is 3.47. The van der Waals surface area contributed by atoms with Gasteiger partial charge in [-0.15, -0.1) is 11.3 Å². The van der Waals surface area contributed by atoms with Gasteiger partial charge in [-0.05, 0) is 59.5 Å². The lowest BCUT2D eigenvalue weighted by Gasteiger charge is -2.27. The number of benzene rings is 1. The summed E-state index contributed by atoms with van der Waals surface area (Å²) in [4.78, 5) is 15.6. The lowest BCUT2D eigenvalue weighted by atomic mass is 10.1. The van der Waals surface area contributed by atoms with Crippen molar-refractivity contribution >= 4 is 29.0 Å². The number of nitrogens with zero attached hydrogens (tertiary/aromatic N) is 1. The SMILES string of the molecule is O=C(c1ccc(SC(F)(F)F)cc1)N1CCc2sccc2C1. The Morgan fingerprint density at radius 2 is 1.91 bits per heavy atom. The summed E-state index contributed by atoms with van der Waals surface area (Å²) in [5.74, 6) is -0.139. The molecule has 0 radical (unpaired) electrons. The third-order valence-electron chi connectivity index (χ3n) is 3.43. The van der Waals surface area contributed by atoms with Crippen molar-refractivity contribution < 1.29 is 18.0 Å². The number of amides is 1. The molecule has 3 rings (SSSR count). The molecule has 0 unspecified atom stereocenters. The van der Waals surface area contributed by atoms with Crippen molar-refractivity contribution in [3.8, 4) is 0 Å².